The quantitative estimate of drug-likeness (QED) is 0.821. The molecule has 0 aliphatic heterocycles. The molecule has 1 aromatic rings. The molecule has 0 saturated heterocycles. The molecule has 2 rings (SSSR count). The van der Waals surface area contributed by atoms with Gasteiger partial charge in [-0.15, -0.1) is 11.6 Å². The van der Waals surface area contributed by atoms with Crippen molar-refractivity contribution in [2.45, 2.75) is 37.0 Å². The first kappa shape index (κ1) is 14.8. The molecule has 1 aliphatic carbocycles. The van der Waals surface area contributed by atoms with E-state index in [1.165, 1.54) is 12.8 Å². The van der Waals surface area contributed by atoms with E-state index in [0.29, 0.717) is 23.2 Å². The summed E-state index contributed by atoms with van der Waals surface area (Å²) in [5, 5.41) is 0. The van der Waals surface area contributed by atoms with Crippen molar-refractivity contribution in [3.63, 3.8) is 0 Å². The molecule has 0 radical (unpaired) electrons. The van der Waals surface area contributed by atoms with Crippen molar-refractivity contribution < 1.29 is 8.42 Å². The Balaban J connectivity index is 1.97. The van der Waals surface area contributed by atoms with Gasteiger partial charge >= 0.3 is 0 Å². The van der Waals surface area contributed by atoms with E-state index < -0.39 is 10.0 Å². The van der Waals surface area contributed by atoms with Gasteiger partial charge in [0.05, 0.1) is 4.90 Å². The SMILES string of the molecule is O=S(=O)(NCC1CCCC1)c1ccc(CCCl)cc1. The number of halogens is 1. The maximum Gasteiger partial charge on any atom is 0.240 e. The Kier molecular flexibility index (Phi) is 5.25. The predicted octanol–water partition coefficient (Wildman–Crippen LogP) is 2.94. The van der Waals surface area contributed by atoms with Crippen molar-refractivity contribution in [2.75, 3.05) is 12.4 Å². The summed E-state index contributed by atoms with van der Waals surface area (Å²) < 4.78 is 27.0. The molecule has 1 aliphatic rings. The van der Waals surface area contributed by atoms with Crippen molar-refractivity contribution in [3.8, 4) is 0 Å². The fraction of sp³-hybridized carbons (Fsp3) is 0.571. The largest absolute Gasteiger partial charge is 0.240 e. The Morgan fingerprint density at radius 1 is 1.16 bits per heavy atom. The van der Waals surface area contributed by atoms with Gasteiger partial charge in [0.15, 0.2) is 0 Å². The van der Waals surface area contributed by atoms with Gasteiger partial charge in [-0.05, 0) is 42.9 Å². The lowest BCUT2D eigenvalue weighted by atomic mass is 10.1. The number of aryl methyl sites for hydroxylation is 1. The van der Waals surface area contributed by atoms with E-state index in [4.69, 9.17) is 11.6 Å². The third-order valence-corrected chi connectivity index (χ3v) is 5.28. The van der Waals surface area contributed by atoms with Crippen LogP contribution in [-0.2, 0) is 16.4 Å². The van der Waals surface area contributed by atoms with E-state index in [-0.39, 0.29) is 0 Å². The summed E-state index contributed by atoms with van der Waals surface area (Å²) in [5.41, 5.74) is 1.06. The van der Waals surface area contributed by atoms with Crippen LogP contribution < -0.4 is 4.72 Å². The van der Waals surface area contributed by atoms with Crippen molar-refractivity contribution in [3.05, 3.63) is 29.8 Å². The average Bonchev–Trinajstić information content (AvgIpc) is 2.91. The second-order valence-corrected chi connectivity index (χ2v) is 7.23. The maximum absolute atomic E-state index is 12.1. The van der Waals surface area contributed by atoms with Crippen LogP contribution in [0.15, 0.2) is 29.2 Å². The molecule has 19 heavy (non-hydrogen) atoms. The van der Waals surface area contributed by atoms with Crippen LogP contribution in [0.4, 0.5) is 0 Å². The van der Waals surface area contributed by atoms with Crippen LogP contribution >= 0.6 is 11.6 Å². The van der Waals surface area contributed by atoms with Crippen LogP contribution in [0.25, 0.3) is 0 Å². The summed E-state index contributed by atoms with van der Waals surface area (Å²) in [6.07, 6.45) is 5.48. The summed E-state index contributed by atoms with van der Waals surface area (Å²) >= 11 is 5.66. The highest BCUT2D eigenvalue weighted by Crippen LogP contribution is 2.24. The lowest BCUT2D eigenvalue weighted by molar-refractivity contribution is 0.519. The number of hydrogen-bond acceptors (Lipinski definition) is 2. The molecule has 0 bridgehead atoms. The summed E-state index contributed by atoms with van der Waals surface area (Å²) in [7, 11) is -3.36. The zero-order valence-electron chi connectivity index (χ0n) is 10.9. The van der Waals surface area contributed by atoms with Gasteiger partial charge in [0, 0.05) is 12.4 Å². The Morgan fingerprint density at radius 2 is 1.79 bits per heavy atom. The smallest absolute Gasteiger partial charge is 0.211 e. The monoisotopic (exact) mass is 301 g/mol. The number of rotatable bonds is 6. The normalized spacial score (nSPS) is 16.9. The number of alkyl halides is 1. The fourth-order valence-electron chi connectivity index (χ4n) is 2.47. The Hall–Kier alpha value is -0.580. The summed E-state index contributed by atoms with van der Waals surface area (Å²) in [5.74, 6) is 1.05. The molecule has 0 unspecified atom stereocenters. The minimum atomic E-state index is -3.36. The van der Waals surface area contributed by atoms with E-state index in [0.717, 1.165) is 24.8 Å². The molecular weight excluding hydrogens is 282 g/mol. The summed E-state index contributed by atoms with van der Waals surface area (Å²) in [6, 6.07) is 6.96. The van der Waals surface area contributed by atoms with Crippen LogP contribution in [0.2, 0.25) is 0 Å². The van der Waals surface area contributed by atoms with E-state index in [9.17, 15) is 8.42 Å². The molecule has 106 valence electrons. The first-order chi connectivity index (χ1) is 9.12. The fourth-order valence-corrected chi connectivity index (χ4v) is 3.80. The second kappa shape index (κ2) is 6.73. The van der Waals surface area contributed by atoms with Crippen LogP contribution in [0.3, 0.4) is 0 Å². The van der Waals surface area contributed by atoms with E-state index in [2.05, 4.69) is 4.72 Å². The minimum absolute atomic E-state index is 0.337. The standard InChI is InChI=1S/C14H20ClNO2S/c15-10-9-12-5-7-14(8-6-12)19(17,18)16-11-13-3-1-2-4-13/h5-8,13,16H,1-4,9-11H2. The third-order valence-electron chi connectivity index (χ3n) is 3.65. The summed E-state index contributed by atoms with van der Waals surface area (Å²) in [4.78, 5) is 0.337. The number of nitrogens with one attached hydrogen (secondary N) is 1. The highest BCUT2D eigenvalue weighted by atomic mass is 35.5. The maximum atomic E-state index is 12.1. The molecular formula is C14H20ClNO2S. The predicted molar refractivity (Wildman–Crippen MR) is 78.0 cm³/mol. The Labute approximate surface area is 120 Å². The van der Waals surface area contributed by atoms with E-state index in [1.807, 2.05) is 12.1 Å². The highest BCUT2D eigenvalue weighted by molar-refractivity contribution is 7.89. The van der Waals surface area contributed by atoms with Gasteiger partial charge in [0.25, 0.3) is 0 Å². The van der Waals surface area contributed by atoms with Crippen LogP contribution in [-0.4, -0.2) is 20.8 Å². The summed E-state index contributed by atoms with van der Waals surface area (Å²) in [6.45, 7) is 0.561. The van der Waals surface area contributed by atoms with Crippen LogP contribution in [0.5, 0.6) is 0 Å². The lowest BCUT2D eigenvalue weighted by Gasteiger charge is -2.11. The van der Waals surface area contributed by atoms with Crippen molar-refractivity contribution in [1.82, 2.24) is 4.72 Å². The topological polar surface area (TPSA) is 46.2 Å². The molecule has 0 atom stereocenters. The molecule has 1 fully saturated rings. The molecule has 1 N–H and O–H groups in total. The van der Waals surface area contributed by atoms with Crippen molar-refractivity contribution in [2.24, 2.45) is 5.92 Å². The zero-order valence-corrected chi connectivity index (χ0v) is 12.5. The van der Waals surface area contributed by atoms with Gasteiger partial charge < -0.3 is 0 Å². The van der Waals surface area contributed by atoms with Crippen LogP contribution in [0, 0.1) is 5.92 Å². The van der Waals surface area contributed by atoms with Gasteiger partial charge in [0.1, 0.15) is 0 Å². The van der Waals surface area contributed by atoms with Crippen LogP contribution in [0.1, 0.15) is 31.2 Å². The van der Waals surface area contributed by atoms with Gasteiger partial charge in [-0.3, -0.25) is 0 Å². The molecule has 1 aromatic carbocycles. The van der Waals surface area contributed by atoms with Gasteiger partial charge in [0.2, 0.25) is 10.0 Å². The van der Waals surface area contributed by atoms with Crippen molar-refractivity contribution in [1.29, 1.82) is 0 Å². The number of benzene rings is 1. The molecule has 0 aromatic heterocycles. The number of hydrogen-bond donors (Lipinski definition) is 1. The second-order valence-electron chi connectivity index (χ2n) is 5.09. The average molecular weight is 302 g/mol. The molecule has 3 nitrogen and oxygen atoms in total. The lowest BCUT2D eigenvalue weighted by Crippen LogP contribution is -2.28. The number of sulfonamides is 1. The molecule has 1 saturated carbocycles. The first-order valence-electron chi connectivity index (χ1n) is 6.76. The molecule has 0 heterocycles. The molecule has 0 spiro atoms. The van der Waals surface area contributed by atoms with Gasteiger partial charge in [-0.2, -0.15) is 0 Å². The minimum Gasteiger partial charge on any atom is -0.211 e. The third kappa shape index (κ3) is 4.20. The first-order valence-corrected chi connectivity index (χ1v) is 8.78. The highest BCUT2D eigenvalue weighted by Gasteiger charge is 2.19. The molecule has 0 amide bonds. The Morgan fingerprint density at radius 3 is 2.37 bits per heavy atom. The molecule has 5 heteroatoms. The van der Waals surface area contributed by atoms with E-state index >= 15 is 0 Å². The van der Waals surface area contributed by atoms with Gasteiger partial charge in [-0.25, -0.2) is 13.1 Å². The van der Waals surface area contributed by atoms with Crippen molar-refractivity contribution >= 4 is 21.6 Å². The Bertz CT molecular complexity index is 493. The van der Waals surface area contributed by atoms with E-state index in [1.54, 1.807) is 12.1 Å². The van der Waals surface area contributed by atoms with Gasteiger partial charge in [-0.1, -0.05) is 25.0 Å². The zero-order chi connectivity index (χ0) is 13.7.